The molecule has 1 aromatic heterocycles. The SMILES string of the molecule is CCc1ccc(NC(=O)c2cn[nH]c2S(=O)(=O)Nc2ccccc2)cc1. The summed E-state index contributed by atoms with van der Waals surface area (Å²) in [4.78, 5) is 12.5. The Balaban J connectivity index is 1.81. The minimum absolute atomic E-state index is 0.0620. The number of carbonyl (C=O) groups is 1. The van der Waals surface area contributed by atoms with E-state index in [1.807, 2.05) is 19.1 Å². The van der Waals surface area contributed by atoms with E-state index < -0.39 is 15.9 Å². The lowest BCUT2D eigenvalue weighted by Crippen LogP contribution is -2.19. The van der Waals surface area contributed by atoms with Gasteiger partial charge in [-0.3, -0.25) is 14.6 Å². The Labute approximate surface area is 151 Å². The topological polar surface area (TPSA) is 104 Å². The summed E-state index contributed by atoms with van der Waals surface area (Å²) in [5.41, 5.74) is 2.05. The number of H-pyrrole nitrogens is 1. The van der Waals surface area contributed by atoms with Crippen molar-refractivity contribution in [1.29, 1.82) is 0 Å². The van der Waals surface area contributed by atoms with Gasteiger partial charge in [0.15, 0.2) is 5.03 Å². The van der Waals surface area contributed by atoms with Crippen molar-refractivity contribution in [2.75, 3.05) is 10.0 Å². The number of carbonyl (C=O) groups excluding carboxylic acids is 1. The van der Waals surface area contributed by atoms with Crippen molar-refractivity contribution in [3.63, 3.8) is 0 Å². The van der Waals surface area contributed by atoms with Gasteiger partial charge in [0.1, 0.15) is 0 Å². The summed E-state index contributed by atoms with van der Waals surface area (Å²) in [5, 5.41) is 8.50. The minimum Gasteiger partial charge on any atom is -0.322 e. The van der Waals surface area contributed by atoms with Crippen LogP contribution in [0.2, 0.25) is 0 Å². The zero-order chi connectivity index (χ0) is 18.6. The number of para-hydroxylation sites is 1. The van der Waals surface area contributed by atoms with E-state index in [0.29, 0.717) is 11.4 Å². The fourth-order valence-electron chi connectivity index (χ4n) is 2.38. The van der Waals surface area contributed by atoms with Crippen molar-refractivity contribution >= 4 is 27.3 Å². The van der Waals surface area contributed by atoms with E-state index >= 15 is 0 Å². The first kappa shape index (κ1) is 17.7. The molecule has 0 aliphatic heterocycles. The summed E-state index contributed by atoms with van der Waals surface area (Å²) < 4.78 is 27.5. The molecule has 3 aromatic rings. The highest BCUT2D eigenvalue weighted by Crippen LogP contribution is 2.19. The van der Waals surface area contributed by atoms with E-state index in [1.54, 1.807) is 42.5 Å². The normalized spacial score (nSPS) is 11.1. The number of hydrogen-bond donors (Lipinski definition) is 3. The highest BCUT2D eigenvalue weighted by Gasteiger charge is 2.25. The van der Waals surface area contributed by atoms with Gasteiger partial charge in [0.05, 0.1) is 11.8 Å². The molecule has 0 spiro atoms. The van der Waals surface area contributed by atoms with Gasteiger partial charge in [0, 0.05) is 11.4 Å². The van der Waals surface area contributed by atoms with Crippen molar-refractivity contribution in [3.05, 3.63) is 71.9 Å². The molecule has 0 radical (unpaired) electrons. The lowest BCUT2D eigenvalue weighted by atomic mass is 10.1. The quantitative estimate of drug-likeness (QED) is 0.620. The molecule has 0 atom stereocenters. The number of rotatable bonds is 6. The highest BCUT2D eigenvalue weighted by atomic mass is 32.2. The summed E-state index contributed by atoms with van der Waals surface area (Å²) >= 11 is 0. The summed E-state index contributed by atoms with van der Waals surface area (Å²) in [5.74, 6) is -0.559. The molecule has 0 aliphatic rings. The predicted octanol–water partition coefficient (Wildman–Crippen LogP) is 3.03. The standard InChI is InChI=1S/C18H18N4O3S/c1-2-13-8-10-14(11-9-13)20-17(23)16-12-19-21-18(16)26(24,25)22-15-6-4-3-5-7-15/h3-12,22H,2H2,1H3,(H,19,21)(H,20,23). The highest BCUT2D eigenvalue weighted by molar-refractivity contribution is 7.92. The molecule has 3 rings (SSSR count). The molecule has 3 N–H and O–H groups in total. The van der Waals surface area contributed by atoms with Gasteiger partial charge in [-0.2, -0.15) is 13.5 Å². The van der Waals surface area contributed by atoms with Gasteiger partial charge >= 0.3 is 0 Å². The molecule has 1 amide bonds. The molecule has 0 fully saturated rings. The second kappa shape index (κ2) is 7.40. The lowest BCUT2D eigenvalue weighted by Gasteiger charge is -2.09. The van der Waals surface area contributed by atoms with Crippen LogP contribution in [0.25, 0.3) is 0 Å². The Morgan fingerprint density at radius 1 is 1.04 bits per heavy atom. The van der Waals surface area contributed by atoms with Crippen LogP contribution < -0.4 is 10.0 Å². The molecule has 26 heavy (non-hydrogen) atoms. The zero-order valence-corrected chi connectivity index (χ0v) is 14.9. The van der Waals surface area contributed by atoms with Gasteiger partial charge in [-0.25, -0.2) is 0 Å². The number of aromatic nitrogens is 2. The largest absolute Gasteiger partial charge is 0.322 e. The smallest absolute Gasteiger partial charge is 0.279 e. The molecular formula is C18H18N4O3S. The first-order chi connectivity index (χ1) is 12.5. The van der Waals surface area contributed by atoms with Crippen molar-refractivity contribution in [2.24, 2.45) is 0 Å². The van der Waals surface area contributed by atoms with Crippen LogP contribution in [-0.4, -0.2) is 24.5 Å². The van der Waals surface area contributed by atoms with Crippen LogP contribution in [0.5, 0.6) is 0 Å². The number of nitrogens with zero attached hydrogens (tertiary/aromatic N) is 1. The first-order valence-corrected chi connectivity index (χ1v) is 9.49. The third-order valence-electron chi connectivity index (χ3n) is 3.76. The Kier molecular flexibility index (Phi) is 5.04. The van der Waals surface area contributed by atoms with E-state index in [0.717, 1.165) is 12.0 Å². The maximum atomic E-state index is 12.6. The van der Waals surface area contributed by atoms with E-state index in [1.165, 1.54) is 6.20 Å². The summed E-state index contributed by atoms with van der Waals surface area (Å²) in [6.07, 6.45) is 2.08. The Bertz CT molecular complexity index is 996. The van der Waals surface area contributed by atoms with E-state index in [2.05, 4.69) is 20.2 Å². The maximum absolute atomic E-state index is 12.6. The summed E-state index contributed by atoms with van der Waals surface area (Å²) in [6, 6.07) is 15.8. The van der Waals surface area contributed by atoms with E-state index in [4.69, 9.17) is 0 Å². The average Bonchev–Trinajstić information content (AvgIpc) is 3.14. The maximum Gasteiger partial charge on any atom is 0.279 e. The van der Waals surface area contributed by atoms with Crippen LogP contribution in [0.3, 0.4) is 0 Å². The molecule has 0 saturated heterocycles. The van der Waals surface area contributed by atoms with Crippen LogP contribution in [-0.2, 0) is 16.4 Å². The number of amides is 1. The molecule has 0 saturated carbocycles. The molecule has 134 valence electrons. The first-order valence-electron chi connectivity index (χ1n) is 8.01. The molecule has 8 heteroatoms. The second-order valence-electron chi connectivity index (χ2n) is 5.59. The van der Waals surface area contributed by atoms with Crippen LogP contribution in [0, 0.1) is 0 Å². The number of aryl methyl sites for hydroxylation is 1. The van der Waals surface area contributed by atoms with Crippen molar-refractivity contribution < 1.29 is 13.2 Å². The number of nitrogens with one attached hydrogen (secondary N) is 3. The molecule has 1 heterocycles. The molecule has 2 aromatic carbocycles. The Morgan fingerprint density at radius 2 is 1.73 bits per heavy atom. The molecule has 0 aliphatic carbocycles. The van der Waals surface area contributed by atoms with Gasteiger partial charge in [-0.1, -0.05) is 37.3 Å². The minimum atomic E-state index is -3.98. The second-order valence-corrected chi connectivity index (χ2v) is 7.21. The monoisotopic (exact) mass is 370 g/mol. The van der Waals surface area contributed by atoms with E-state index in [-0.39, 0.29) is 10.6 Å². The van der Waals surface area contributed by atoms with Crippen LogP contribution in [0.15, 0.2) is 65.8 Å². The van der Waals surface area contributed by atoms with E-state index in [9.17, 15) is 13.2 Å². The van der Waals surface area contributed by atoms with Crippen molar-refractivity contribution in [2.45, 2.75) is 18.4 Å². The zero-order valence-electron chi connectivity index (χ0n) is 14.1. The molecule has 0 bridgehead atoms. The van der Waals surface area contributed by atoms with Crippen molar-refractivity contribution in [3.8, 4) is 0 Å². The van der Waals surface area contributed by atoms with Gasteiger partial charge in [0.25, 0.3) is 15.9 Å². The number of sulfonamides is 1. The van der Waals surface area contributed by atoms with Crippen LogP contribution >= 0.6 is 0 Å². The third-order valence-corrected chi connectivity index (χ3v) is 5.12. The van der Waals surface area contributed by atoms with Gasteiger partial charge < -0.3 is 5.32 Å². The fraction of sp³-hybridized carbons (Fsp3) is 0.111. The van der Waals surface area contributed by atoms with Crippen LogP contribution in [0.1, 0.15) is 22.8 Å². The Morgan fingerprint density at radius 3 is 2.38 bits per heavy atom. The van der Waals surface area contributed by atoms with Gasteiger partial charge in [-0.05, 0) is 36.2 Å². The number of hydrogen-bond acceptors (Lipinski definition) is 4. The lowest BCUT2D eigenvalue weighted by molar-refractivity contribution is 0.102. The predicted molar refractivity (Wildman–Crippen MR) is 99.6 cm³/mol. The molecule has 7 nitrogen and oxygen atoms in total. The molecule has 0 unspecified atom stereocenters. The number of benzene rings is 2. The van der Waals surface area contributed by atoms with Gasteiger partial charge in [0.2, 0.25) is 0 Å². The number of aromatic amines is 1. The number of anilines is 2. The van der Waals surface area contributed by atoms with Crippen molar-refractivity contribution in [1.82, 2.24) is 10.2 Å². The third kappa shape index (κ3) is 3.92. The van der Waals surface area contributed by atoms with Crippen LogP contribution in [0.4, 0.5) is 11.4 Å². The Hall–Kier alpha value is -3.13. The molecular weight excluding hydrogens is 352 g/mol. The summed E-state index contributed by atoms with van der Waals surface area (Å²) in [7, 11) is -3.98. The fourth-order valence-corrected chi connectivity index (χ4v) is 3.53. The van der Waals surface area contributed by atoms with Gasteiger partial charge in [-0.15, -0.1) is 0 Å². The average molecular weight is 370 g/mol. The summed E-state index contributed by atoms with van der Waals surface area (Å²) in [6.45, 7) is 2.04.